The Morgan fingerprint density at radius 3 is 2.68 bits per heavy atom. The molecule has 1 saturated heterocycles. The van der Waals surface area contributed by atoms with Crippen LogP contribution in [-0.2, 0) is 19.6 Å². The van der Waals surface area contributed by atoms with E-state index in [4.69, 9.17) is 14.2 Å². The molecule has 0 aliphatic carbocycles. The Kier molecular flexibility index (Phi) is 5.33. The van der Waals surface area contributed by atoms with Gasteiger partial charge in [-0.1, -0.05) is 0 Å². The fourth-order valence-electron chi connectivity index (χ4n) is 2.85. The summed E-state index contributed by atoms with van der Waals surface area (Å²) < 4.78 is 41.8. The summed E-state index contributed by atoms with van der Waals surface area (Å²) in [6, 6.07) is 4.99. The molecule has 1 unspecified atom stereocenters. The van der Waals surface area contributed by atoms with Crippen molar-refractivity contribution in [2.24, 2.45) is 0 Å². The van der Waals surface area contributed by atoms with E-state index in [1.54, 1.807) is 18.2 Å². The zero-order valence-corrected chi connectivity index (χ0v) is 14.9. The first kappa shape index (κ1) is 17.8. The Morgan fingerprint density at radius 1 is 1.24 bits per heavy atom. The maximum Gasteiger partial charge on any atom is 0.249 e. The summed E-state index contributed by atoms with van der Waals surface area (Å²) in [5.74, 6) is 0.907. The van der Waals surface area contributed by atoms with Crippen molar-refractivity contribution in [2.45, 2.75) is 18.9 Å². The number of hydrogen-bond acceptors (Lipinski definition) is 6. The van der Waals surface area contributed by atoms with Crippen molar-refractivity contribution in [3.05, 3.63) is 18.2 Å². The highest BCUT2D eigenvalue weighted by atomic mass is 32.2. The van der Waals surface area contributed by atoms with Crippen LogP contribution in [0.4, 0.5) is 5.69 Å². The van der Waals surface area contributed by atoms with Crippen LogP contribution in [0.15, 0.2) is 18.2 Å². The lowest BCUT2D eigenvalue weighted by Gasteiger charge is -2.25. The average Bonchev–Trinajstić information content (AvgIpc) is 3.12. The van der Waals surface area contributed by atoms with E-state index in [-0.39, 0.29) is 19.0 Å². The number of carbonyl (C=O) groups excluding carboxylic acids is 1. The largest absolute Gasteiger partial charge is 0.486 e. The highest BCUT2D eigenvalue weighted by Crippen LogP contribution is 2.34. The van der Waals surface area contributed by atoms with Gasteiger partial charge in [-0.3, -0.25) is 9.10 Å². The van der Waals surface area contributed by atoms with Gasteiger partial charge in [0.25, 0.3) is 0 Å². The molecule has 2 heterocycles. The minimum absolute atomic E-state index is 0.122. The SMILES string of the molecule is CS(=O)(=O)N(CCNC(=O)C1CCCO1)c1ccc2c(c1)OCCO2. The molecule has 0 aromatic heterocycles. The molecule has 3 rings (SSSR count). The van der Waals surface area contributed by atoms with Crippen LogP contribution in [0.3, 0.4) is 0 Å². The van der Waals surface area contributed by atoms with Crippen LogP contribution in [0.25, 0.3) is 0 Å². The summed E-state index contributed by atoms with van der Waals surface area (Å²) in [5.41, 5.74) is 0.470. The predicted molar refractivity (Wildman–Crippen MR) is 91.6 cm³/mol. The molecular formula is C16H22N2O6S. The van der Waals surface area contributed by atoms with Gasteiger partial charge < -0.3 is 19.5 Å². The van der Waals surface area contributed by atoms with Gasteiger partial charge in [-0.25, -0.2) is 8.42 Å². The average molecular weight is 370 g/mol. The molecule has 138 valence electrons. The Morgan fingerprint density at radius 2 is 2.00 bits per heavy atom. The molecule has 1 atom stereocenters. The van der Waals surface area contributed by atoms with Crippen molar-refractivity contribution in [3.63, 3.8) is 0 Å². The fourth-order valence-corrected chi connectivity index (χ4v) is 3.77. The summed E-state index contributed by atoms with van der Waals surface area (Å²) in [6.07, 6.45) is 2.27. The lowest BCUT2D eigenvalue weighted by Crippen LogP contribution is -2.41. The Hall–Kier alpha value is -2.00. The molecular weight excluding hydrogens is 348 g/mol. The van der Waals surface area contributed by atoms with Crippen LogP contribution in [0, 0.1) is 0 Å². The van der Waals surface area contributed by atoms with Gasteiger partial charge in [-0.15, -0.1) is 0 Å². The van der Waals surface area contributed by atoms with Crippen molar-refractivity contribution < 1.29 is 27.4 Å². The number of benzene rings is 1. The van der Waals surface area contributed by atoms with Gasteiger partial charge in [0.15, 0.2) is 11.5 Å². The highest BCUT2D eigenvalue weighted by Gasteiger charge is 2.24. The van der Waals surface area contributed by atoms with Gasteiger partial charge in [0, 0.05) is 19.2 Å². The number of fused-ring (bicyclic) bond motifs is 1. The number of ether oxygens (including phenoxy) is 3. The van der Waals surface area contributed by atoms with Crippen molar-refractivity contribution in [3.8, 4) is 11.5 Å². The van der Waals surface area contributed by atoms with Crippen LogP contribution in [-0.4, -0.2) is 59.6 Å². The molecule has 1 N–H and O–H groups in total. The number of carbonyl (C=O) groups is 1. The van der Waals surface area contributed by atoms with Gasteiger partial charge in [0.1, 0.15) is 19.3 Å². The van der Waals surface area contributed by atoms with E-state index in [1.807, 2.05) is 0 Å². The molecule has 1 aromatic carbocycles. The van der Waals surface area contributed by atoms with E-state index >= 15 is 0 Å². The minimum Gasteiger partial charge on any atom is -0.486 e. The molecule has 0 bridgehead atoms. The first-order chi connectivity index (χ1) is 11.9. The maximum absolute atomic E-state index is 12.1. The number of amides is 1. The zero-order valence-electron chi connectivity index (χ0n) is 14.1. The summed E-state index contributed by atoms with van der Waals surface area (Å²) in [7, 11) is -3.51. The number of hydrogen-bond donors (Lipinski definition) is 1. The molecule has 25 heavy (non-hydrogen) atoms. The fraction of sp³-hybridized carbons (Fsp3) is 0.562. The quantitative estimate of drug-likeness (QED) is 0.785. The molecule has 1 fully saturated rings. The van der Waals surface area contributed by atoms with E-state index in [0.717, 1.165) is 12.7 Å². The lowest BCUT2D eigenvalue weighted by molar-refractivity contribution is -0.129. The topological polar surface area (TPSA) is 94.2 Å². The molecule has 0 radical (unpaired) electrons. The van der Waals surface area contributed by atoms with Crippen LogP contribution < -0.4 is 19.1 Å². The second kappa shape index (κ2) is 7.49. The molecule has 0 spiro atoms. The van der Waals surface area contributed by atoms with Gasteiger partial charge in [0.2, 0.25) is 15.9 Å². The number of sulfonamides is 1. The van der Waals surface area contributed by atoms with Gasteiger partial charge >= 0.3 is 0 Å². The molecule has 8 nitrogen and oxygen atoms in total. The second-order valence-corrected chi connectivity index (χ2v) is 7.86. The van der Waals surface area contributed by atoms with E-state index in [0.29, 0.717) is 43.4 Å². The molecule has 9 heteroatoms. The molecule has 1 aromatic rings. The Balaban J connectivity index is 1.67. The van der Waals surface area contributed by atoms with Crippen molar-refractivity contribution in [2.75, 3.05) is 43.5 Å². The summed E-state index contributed by atoms with van der Waals surface area (Å²) in [4.78, 5) is 12.0. The number of nitrogens with one attached hydrogen (secondary N) is 1. The zero-order chi connectivity index (χ0) is 17.9. The normalized spacial score (nSPS) is 19.5. The third kappa shape index (κ3) is 4.35. The van der Waals surface area contributed by atoms with Crippen LogP contribution in [0.2, 0.25) is 0 Å². The highest BCUT2D eigenvalue weighted by molar-refractivity contribution is 7.92. The molecule has 1 amide bonds. The molecule has 2 aliphatic heterocycles. The van der Waals surface area contributed by atoms with E-state index in [1.165, 1.54) is 4.31 Å². The van der Waals surface area contributed by atoms with Crippen LogP contribution in [0.5, 0.6) is 11.5 Å². The lowest BCUT2D eigenvalue weighted by atomic mass is 10.2. The van der Waals surface area contributed by atoms with E-state index in [2.05, 4.69) is 5.32 Å². The summed E-state index contributed by atoms with van der Waals surface area (Å²) in [6.45, 7) is 1.80. The monoisotopic (exact) mass is 370 g/mol. The predicted octanol–water partition coefficient (Wildman–Crippen LogP) is 0.519. The standard InChI is InChI=1S/C16H22N2O6S/c1-25(20,21)18(7-6-17-16(19)14-3-2-8-22-14)12-4-5-13-15(11-12)24-10-9-23-13/h4-5,11,14H,2-3,6-10H2,1H3,(H,17,19). The Labute approximate surface area is 147 Å². The van der Waals surface area contributed by atoms with Crippen molar-refractivity contribution in [1.82, 2.24) is 5.32 Å². The smallest absolute Gasteiger partial charge is 0.249 e. The third-order valence-corrected chi connectivity index (χ3v) is 5.24. The van der Waals surface area contributed by atoms with Gasteiger partial charge in [0.05, 0.1) is 18.5 Å². The van der Waals surface area contributed by atoms with Gasteiger partial charge in [-0.05, 0) is 25.0 Å². The number of rotatable bonds is 6. The van der Waals surface area contributed by atoms with Crippen molar-refractivity contribution in [1.29, 1.82) is 0 Å². The second-order valence-electron chi connectivity index (χ2n) is 5.96. The third-order valence-electron chi connectivity index (χ3n) is 4.05. The Bertz CT molecular complexity index is 730. The van der Waals surface area contributed by atoms with Crippen LogP contribution >= 0.6 is 0 Å². The molecule has 0 saturated carbocycles. The maximum atomic E-state index is 12.1. The molecule has 2 aliphatic rings. The van der Waals surface area contributed by atoms with Crippen molar-refractivity contribution >= 4 is 21.6 Å². The number of anilines is 1. The van der Waals surface area contributed by atoms with Crippen LogP contribution in [0.1, 0.15) is 12.8 Å². The summed E-state index contributed by atoms with van der Waals surface area (Å²) in [5, 5.41) is 2.73. The minimum atomic E-state index is -3.51. The first-order valence-electron chi connectivity index (χ1n) is 8.22. The summed E-state index contributed by atoms with van der Waals surface area (Å²) >= 11 is 0. The van der Waals surface area contributed by atoms with E-state index < -0.39 is 16.1 Å². The van der Waals surface area contributed by atoms with E-state index in [9.17, 15) is 13.2 Å². The number of nitrogens with zero attached hydrogens (tertiary/aromatic N) is 1. The first-order valence-corrected chi connectivity index (χ1v) is 10.1. The van der Waals surface area contributed by atoms with Gasteiger partial charge in [-0.2, -0.15) is 0 Å².